The normalized spacial score (nSPS) is 21.8. The van der Waals surface area contributed by atoms with Gasteiger partial charge in [0.1, 0.15) is 0 Å². The van der Waals surface area contributed by atoms with Crippen molar-refractivity contribution in [3.05, 3.63) is 52.1 Å². The number of nitrogens with zero attached hydrogens (tertiary/aromatic N) is 1. The van der Waals surface area contributed by atoms with Crippen molar-refractivity contribution in [3.63, 3.8) is 0 Å². The predicted octanol–water partition coefficient (Wildman–Crippen LogP) is 5.22. The number of nitrogens with two attached hydrogens (primary N) is 1. The summed E-state index contributed by atoms with van der Waals surface area (Å²) in [6.07, 6.45) is 6.20. The Hall–Kier alpha value is -1.50. The van der Waals surface area contributed by atoms with Gasteiger partial charge < -0.3 is 5.73 Å². The summed E-state index contributed by atoms with van der Waals surface area (Å²) in [7, 11) is 3.51. The third kappa shape index (κ3) is 4.32. The second-order valence-corrected chi connectivity index (χ2v) is 6.91. The topological polar surface area (TPSA) is 38.4 Å². The molecule has 2 atom stereocenters. The van der Waals surface area contributed by atoms with Gasteiger partial charge in [0.15, 0.2) is 0 Å². The number of aliphatic imine (C=N–C) groups is 1. The van der Waals surface area contributed by atoms with Gasteiger partial charge in [0, 0.05) is 18.3 Å². The van der Waals surface area contributed by atoms with Crippen LogP contribution in [0.2, 0.25) is 0 Å². The van der Waals surface area contributed by atoms with Gasteiger partial charge in [-0.15, -0.1) is 8.86 Å². The molecule has 1 aliphatic rings. The van der Waals surface area contributed by atoms with Crippen molar-refractivity contribution in [2.24, 2.45) is 16.6 Å². The predicted molar refractivity (Wildman–Crippen MR) is 111 cm³/mol. The van der Waals surface area contributed by atoms with Crippen molar-refractivity contribution in [1.82, 2.24) is 0 Å². The van der Waals surface area contributed by atoms with Gasteiger partial charge in [-0.1, -0.05) is 38.1 Å². The smallest absolute Gasteiger partial charge is 0.0694 e. The summed E-state index contributed by atoms with van der Waals surface area (Å²) in [6.45, 7) is 9.20. The zero-order valence-electron chi connectivity index (χ0n) is 15.3. The average molecular weight is 340 g/mol. The molecule has 2 N–H and O–H groups in total. The van der Waals surface area contributed by atoms with Gasteiger partial charge in [0.2, 0.25) is 0 Å². The second-order valence-electron chi connectivity index (χ2n) is 6.62. The molecule has 2 nitrogen and oxygen atoms in total. The summed E-state index contributed by atoms with van der Waals surface area (Å²) in [5, 5.41) is 0. The fraction of sp³-hybridized carbons (Fsp3) is 0.429. The maximum atomic E-state index is 5.78. The molecule has 0 spiro atoms. The van der Waals surface area contributed by atoms with E-state index in [4.69, 9.17) is 10.7 Å². The van der Waals surface area contributed by atoms with Crippen molar-refractivity contribution in [2.45, 2.75) is 46.5 Å². The van der Waals surface area contributed by atoms with Crippen LogP contribution < -0.4 is 5.73 Å². The number of rotatable bonds is 7. The molecule has 1 saturated carbocycles. The van der Waals surface area contributed by atoms with Crippen LogP contribution in [-0.4, -0.2) is 18.6 Å². The van der Waals surface area contributed by atoms with Crippen LogP contribution in [0, 0.1) is 5.92 Å². The maximum absolute atomic E-state index is 5.78. The fourth-order valence-electron chi connectivity index (χ4n) is 2.92. The van der Waals surface area contributed by atoms with Gasteiger partial charge in [0.25, 0.3) is 0 Å². The van der Waals surface area contributed by atoms with E-state index < -0.39 is 0 Å². The first-order chi connectivity index (χ1) is 11.5. The first-order valence-electron chi connectivity index (χ1n) is 8.79. The highest BCUT2D eigenvalue weighted by atomic mass is 31.0. The molecule has 0 heterocycles. The van der Waals surface area contributed by atoms with Crippen LogP contribution in [0.5, 0.6) is 0 Å². The molecule has 1 aliphatic carbocycles. The molecular formula is C21H29N2P. The molecule has 0 amide bonds. The molecule has 1 aromatic carbocycles. The van der Waals surface area contributed by atoms with Crippen LogP contribution in [-0.2, 0) is 0 Å². The van der Waals surface area contributed by atoms with Gasteiger partial charge in [-0.3, -0.25) is 4.99 Å². The third-order valence-corrected chi connectivity index (χ3v) is 5.24. The summed E-state index contributed by atoms with van der Waals surface area (Å²) >= 11 is 0. The van der Waals surface area contributed by atoms with Crippen molar-refractivity contribution in [1.29, 1.82) is 0 Å². The molecule has 1 aromatic rings. The minimum Gasteiger partial charge on any atom is -0.326 e. The second kappa shape index (κ2) is 8.55. The average Bonchev–Trinajstić information content (AvgIpc) is 3.34. The minimum absolute atomic E-state index is 0.516. The lowest BCUT2D eigenvalue weighted by Crippen LogP contribution is -2.04. The molecule has 0 aromatic heterocycles. The maximum Gasteiger partial charge on any atom is 0.0694 e. The molecule has 0 bridgehead atoms. The van der Waals surface area contributed by atoms with E-state index in [1.807, 2.05) is 25.0 Å². The Bertz CT molecular complexity index is 698. The molecule has 128 valence electrons. The van der Waals surface area contributed by atoms with Crippen LogP contribution >= 0.6 is 8.86 Å². The van der Waals surface area contributed by atoms with Gasteiger partial charge >= 0.3 is 0 Å². The Morgan fingerprint density at radius 2 is 2.12 bits per heavy atom. The molecule has 2 unspecified atom stereocenters. The zero-order valence-corrected chi connectivity index (χ0v) is 16.3. The van der Waals surface area contributed by atoms with E-state index >= 15 is 0 Å². The summed E-state index contributed by atoms with van der Waals surface area (Å²) in [5.74, 6) is 3.39. The summed E-state index contributed by atoms with van der Waals surface area (Å²) in [6, 6.07) is 6.67. The van der Waals surface area contributed by atoms with Crippen LogP contribution in [0.15, 0.2) is 40.4 Å². The largest absolute Gasteiger partial charge is 0.326 e. The Labute approximate surface area is 148 Å². The van der Waals surface area contributed by atoms with Crippen LogP contribution in [0.1, 0.15) is 63.1 Å². The first-order valence-corrected chi connectivity index (χ1v) is 9.37. The zero-order chi connectivity index (χ0) is 17.7. The fourth-order valence-corrected chi connectivity index (χ4v) is 3.10. The van der Waals surface area contributed by atoms with Crippen molar-refractivity contribution < 1.29 is 0 Å². The number of hydrogen-bond donors (Lipinski definition) is 1. The van der Waals surface area contributed by atoms with Crippen molar-refractivity contribution >= 4 is 26.6 Å². The highest BCUT2D eigenvalue weighted by molar-refractivity contribution is 7.19. The monoisotopic (exact) mass is 340 g/mol. The van der Waals surface area contributed by atoms with E-state index in [9.17, 15) is 0 Å². The summed E-state index contributed by atoms with van der Waals surface area (Å²) in [4.78, 5) is 4.84. The van der Waals surface area contributed by atoms with Crippen LogP contribution in [0.25, 0.3) is 5.70 Å². The quantitative estimate of drug-likeness (QED) is 0.536. The van der Waals surface area contributed by atoms with Crippen molar-refractivity contribution in [2.75, 3.05) is 6.54 Å². The molecule has 0 saturated heterocycles. The van der Waals surface area contributed by atoms with E-state index in [1.165, 1.54) is 28.7 Å². The number of hydrogen-bond acceptors (Lipinski definition) is 2. The lowest BCUT2D eigenvalue weighted by Gasteiger charge is -2.14. The lowest BCUT2D eigenvalue weighted by molar-refractivity contribution is 0.911. The molecule has 3 heteroatoms. The number of benzene rings is 1. The summed E-state index contributed by atoms with van der Waals surface area (Å²) in [5.41, 5.74) is 13.1. The van der Waals surface area contributed by atoms with Gasteiger partial charge in [-0.25, -0.2) is 0 Å². The van der Waals surface area contributed by atoms with E-state index in [0.29, 0.717) is 12.5 Å². The van der Waals surface area contributed by atoms with Crippen molar-refractivity contribution in [3.8, 4) is 0 Å². The van der Waals surface area contributed by atoms with E-state index in [1.54, 1.807) is 0 Å². The first kappa shape index (κ1) is 18.8. The van der Waals surface area contributed by atoms with Crippen LogP contribution in [0.4, 0.5) is 0 Å². The molecule has 24 heavy (non-hydrogen) atoms. The molecular weight excluding hydrogens is 311 g/mol. The Kier molecular flexibility index (Phi) is 6.71. The van der Waals surface area contributed by atoms with E-state index in [0.717, 1.165) is 23.6 Å². The SMILES string of the molecule is C\C=C(/C=N/C(=C(\C)CC)c1ccc(C=P)cc1C1CC1C)CN. The highest BCUT2D eigenvalue weighted by Crippen LogP contribution is 2.49. The van der Waals surface area contributed by atoms with Gasteiger partial charge in [0.05, 0.1) is 5.70 Å². The number of allylic oxidation sites excluding steroid dienone is 2. The summed E-state index contributed by atoms with van der Waals surface area (Å²) < 4.78 is 0. The Balaban J connectivity index is 2.53. The van der Waals surface area contributed by atoms with E-state index in [-0.39, 0.29) is 0 Å². The molecule has 0 radical (unpaired) electrons. The Morgan fingerprint density at radius 3 is 2.62 bits per heavy atom. The minimum atomic E-state index is 0.516. The lowest BCUT2D eigenvalue weighted by atomic mass is 9.95. The standard InChI is InChI=1S/C21H29N2P/c1-5-14(3)21(23-12-16(6-2)11-22)18-8-7-17(13-24)10-20(18)19-9-15(19)4/h6-8,10,12-13,15,19,24H,5,9,11,22H2,1-4H3/b16-6-,21-14+,23-12+. The van der Waals surface area contributed by atoms with E-state index in [2.05, 4.69) is 47.8 Å². The molecule has 0 aliphatic heterocycles. The van der Waals surface area contributed by atoms with Gasteiger partial charge in [-0.05, 0) is 66.6 Å². The van der Waals surface area contributed by atoms with Crippen LogP contribution in [0.3, 0.4) is 0 Å². The highest BCUT2D eigenvalue weighted by Gasteiger charge is 2.36. The van der Waals surface area contributed by atoms with Gasteiger partial charge in [-0.2, -0.15) is 0 Å². The Morgan fingerprint density at radius 1 is 1.42 bits per heavy atom. The third-order valence-electron chi connectivity index (χ3n) is 4.91. The molecule has 2 rings (SSSR count). The molecule has 1 fully saturated rings.